The molecule has 0 aliphatic heterocycles. The number of amides is 1. The lowest BCUT2D eigenvalue weighted by molar-refractivity contribution is 0.0940. The number of nitrogens with one attached hydrogen (secondary N) is 2. The number of thiophene rings is 1. The lowest BCUT2D eigenvalue weighted by atomic mass is 10.1. The molecule has 1 atom stereocenters. The Bertz CT molecular complexity index is 577. The van der Waals surface area contributed by atoms with E-state index in [-0.39, 0.29) is 11.9 Å². The number of rotatable bonds is 5. The zero-order valence-electron chi connectivity index (χ0n) is 11.6. The largest absolute Gasteiger partial charge is 0.349 e. The number of benzene rings is 1. The van der Waals surface area contributed by atoms with Crippen LogP contribution in [0.1, 0.15) is 27.0 Å². The van der Waals surface area contributed by atoms with Crippen molar-refractivity contribution < 1.29 is 4.79 Å². The third-order valence-corrected chi connectivity index (χ3v) is 4.02. The second kappa shape index (κ2) is 6.54. The molecule has 4 nitrogen and oxygen atoms in total. The van der Waals surface area contributed by atoms with Crippen LogP contribution in [-0.4, -0.2) is 11.9 Å². The first-order valence-corrected chi connectivity index (χ1v) is 7.33. The van der Waals surface area contributed by atoms with E-state index in [2.05, 4.69) is 29.8 Å². The summed E-state index contributed by atoms with van der Waals surface area (Å²) in [5.41, 5.74) is 3.96. The molecule has 5 heteroatoms. The molecule has 1 aromatic heterocycles. The Morgan fingerprint density at radius 2 is 1.95 bits per heavy atom. The highest BCUT2D eigenvalue weighted by Gasteiger charge is 2.11. The van der Waals surface area contributed by atoms with Crippen LogP contribution in [0.3, 0.4) is 0 Å². The van der Waals surface area contributed by atoms with E-state index >= 15 is 0 Å². The Kier molecular flexibility index (Phi) is 4.76. The third kappa shape index (κ3) is 3.82. The first-order chi connectivity index (χ1) is 9.58. The maximum absolute atomic E-state index is 12.1. The van der Waals surface area contributed by atoms with Gasteiger partial charge < -0.3 is 10.7 Å². The smallest absolute Gasteiger partial charge is 0.251 e. The van der Waals surface area contributed by atoms with Gasteiger partial charge in [0.15, 0.2) is 0 Å². The molecule has 0 spiro atoms. The number of nitrogens with two attached hydrogens (primary N) is 1. The van der Waals surface area contributed by atoms with Crippen molar-refractivity contribution in [3.8, 4) is 0 Å². The summed E-state index contributed by atoms with van der Waals surface area (Å²) in [4.78, 5) is 14.7. The molecule has 0 aliphatic carbocycles. The van der Waals surface area contributed by atoms with E-state index < -0.39 is 0 Å². The molecule has 20 heavy (non-hydrogen) atoms. The normalized spacial score (nSPS) is 11.9. The molecule has 2 rings (SSSR count). The van der Waals surface area contributed by atoms with Crippen molar-refractivity contribution in [1.29, 1.82) is 0 Å². The fourth-order valence-corrected chi connectivity index (χ4v) is 2.99. The van der Waals surface area contributed by atoms with Gasteiger partial charge in [-0.3, -0.25) is 10.6 Å². The van der Waals surface area contributed by atoms with Gasteiger partial charge in [-0.05, 0) is 50.2 Å². The molecule has 0 fully saturated rings. The van der Waals surface area contributed by atoms with E-state index in [1.807, 2.05) is 6.92 Å². The number of carbonyl (C=O) groups excluding carboxylic acids is 1. The monoisotopic (exact) mass is 289 g/mol. The van der Waals surface area contributed by atoms with Gasteiger partial charge in [0, 0.05) is 33.5 Å². The molecule has 1 heterocycles. The molecular formula is C15H19N3OS. The Labute approximate surface area is 123 Å². The summed E-state index contributed by atoms with van der Waals surface area (Å²) in [6.45, 7) is 4.10. The van der Waals surface area contributed by atoms with Gasteiger partial charge in [0.25, 0.3) is 5.91 Å². The molecular weight excluding hydrogens is 270 g/mol. The summed E-state index contributed by atoms with van der Waals surface area (Å²) in [6, 6.07) is 11.4. The number of hydrazine groups is 1. The summed E-state index contributed by atoms with van der Waals surface area (Å²) in [5.74, 6) is 5.23. The van der Waals surface area contributed by atoms with Crippen molar-refractivity contribution in [3.05, 3.63) is 51.7 Å². The van der Waals surface area contributed by atoms with Gasteiger partial charge in [-0.15, -0.1) is 11.3 Å². The second-order valence-electron chi connectivity index (χ2n) is 4.81. The van der Waals surface area contributed by atoms with Crippen LogP contribution in [0.2, 0.25) is 0 Å². The van der Waals surface area contributed by atoms with Crippen LogP contribution in [0.15, 0.2) is 36.4 Å². The fraction of sp³-hybridized carbons (Fsp3) is 0.267. The number of hydrogen-bond acceptors (Lipinski definition) is 4. The SMILES string of the molecule is Cc1ccc(CC(C)NC(=O)c2ccc(NN)cc2)s1. The van der Waals surface area contributed by atoms with E-state index in [0.717, 1.165) is 12.1 Å². The Morgan fingerprint density at radius 3 is 2.50 bits per heavy atom. The Morgan fingerprint density at radius 1 is 1.25 bits per heavy atom. The number of aryl methyl sites for hydroxylation is 1. The van der Waals surface area contributed by atoms with E-state index in [1.165, 1.54) is 9.75 Å². The molecule has 4 N–H and O–H groups in total. The predicted octanol–water partition coefficient (Wildman–Crippen LogP) is 2.70. The standard InChI is InChI=1S/C15H19N3OS/c1-10(9-14-8-3-11(2)20-14)17-15(19)12-4-6-13(18-16)7-5-12/h3-8,10,18H,9,16H2,1-2H3,(H,17,19). The average Bonchev–Trinajstić information content (AvgIpc) is 2.84. The van der Waals surface area contributed by atoms with Crippen LogP contribution in [0, 0.1) is 6.92 Å². The van der Waals surface area contributed by atoms with Crippen molar-refractivity contribution in [3.63, 3.8) is 0 Å². The van der Waals surface area contributed by atoms with Crippen LogP contribution in [0.4, 0.5) is 5.69 Å². The van der Waals surface area contributed by atoms with Gasteiger partial charge in [0.2, 0.25) is 0 Å². The molecule has 0 bridgehead atoms. The molecule has 0 saturated carbocycles. The number of carbonyl (C=O) groups is 1. The maximum Gasteiger partial charge on any atom is 0.251 e. The van der Waals surface area contributed by atoms with E-state index in [0.29, 0.717) is 5.56 Å². The number of nitrogen functional groups attached to an aromatic ring is 1. The first-order valence-electron chi connectivity index (χ1n) is 6.51. The predicted molar refractivity (Wildman–Crippen MR) is 83.9 cm³/mol. The van der Waals surface area contributed by atoms with Gasteiger partial charge in [0.1, 0.15) is 0 Å². The van der Waals surface area contributed by atoms with Crippen molar-refractivity contribution in [2.75, 3.05) is 5.43 Å². The molecule has 1 unspecified atom stereocenters. The minimum absolute atomic E-state index is 0.0608. The highest BCUT2D eigenvalue weighted by atomic mass is 32.1. The topological polar surface area (TPSA) is 67.2 Å². The fourth-order valence-electron chi connectivity index (χ4n) is 1.97. The summed E-state index contributed by atoms with van der Waals surface area (Å²) in [5, 5.41) is 3.01. The van der Waals surface area contributed by atoms with Crippen LogP contribution in [-0.2, 0) is 6.42 Å². The van der Waals surface area contributed by atoms with Crippen LogP contribution in [0.25, 0.3) is 0 Å². The minimum atomic E-state index is -0.0608. The van der Waals surface area contributed by atoms with Crippen LogP contribution < -0.4 is 16.6 Å². The summed E-state index contributed by atoms with van der Waals surface area (Å²) < 4.78 is 0. The lowest BCUT2D eigenvalue weighted by Gasteiger charge is -2.13. The molecule has 1 amide bonds. The van der Waals surface area contributed by atoms with E-state index in [4.69, 9.17) is 5.84 Å². The molecule has 106 valence electrons. The average molecular weight is 289 g/mol. The van der Waals surface area contributed by atoms with Gasteiger partial charge in [-0.2, -0.15) is 0 Å². The van der Waals surface area contributed by atoms with Crippen molar-refractivity contribution in [2.45, 2.75) is 26.3 Å². The van der Waals surface area contributed by atoms with E-state index in [9.17, 15) is 4.79 Å². The summed E-state index contributed by atoms with van der Waals surface area (Å²) in [7, 11) is 0. The molecule has 0 aliphatic rings. The molecule has 2 aromatic rings. The highest BCUT2D eigenvalue weighted by molar-refractivity contribution is 7.11. The van der Waals surface area contributed by atoms with Crippen LogP contribution >= 0.6 is 11.3 Å². The molecule has 0 saturated heterocycles. The maximum atomic E-state index is 12.1. The first kappa shape index (κ1) is 14.6. The lowest BCUT2D eigenvalue weighted by Crippen LogP contribution is -2.33. The number of hydrogen-bond donors (Lipinski definition) is 3. The van der Waals surface area contributed by atoms with Crippen molar-refractivity contribution in [1.82, 2.24) is 5.32 Å². The Balaban J connectivity index is 1.92. The molecule has 0 radical (unpaired) electrons. The minimum Gasteiger partial charge on any atom is -0.349 e. The zero-order valence-corrected chi connectivity index (χ0v) is 12.5. The van der Waals surface area contributed by atoms with Crippen molar-refractivity contribution in [2.24, 2.45) is 5.84 Å². The van der Waals surface area contributed by atoms with Gasteiger partial charge in [-0.1, -0.05) is 0 Å². The quantitative estimate of drug-likeness (QED) is 0.585. The van der Waals surface area contributed by atoms with Crippen molar-refractivity contribution >= 4 is 22.9 Å². The Hall–Kier alpha value is -1.85. The second-order valence-corrected chi connectivity index (χ2v) is 6.19. The highest BCUT2D eigenvalue weighted by Crippen LogP contribution is 2.17. The van der Waals surface area contributed by atoms with Gasteiger partial charge in [-0.25, -0.2) is 0 Å². The third-order valence-electron chi connectivity index (χ3n) is 2.99. The summed E-state index contributed by atoms with van der Waals surface area (Å²) >= 11 is 1.77. The number of anilines is 1. The zero-order chi connectivity index (χ0) is 14.5. The molecule has 1 aromatic carbocycles. The van der Waals surface area contributed by atoms with Gasteiger partial charge >= 0.3 is 0 Å². The van der Waals surface area contributed by atoms with E-state index in [1.54, 1.807) is 35.6 Å². The van der Waals surface area contributed by atoms with Crippen LogP contribution in [0.5, 0.6) is 0 Å². The van der Waals surface area contributed by atoms with Gasteiger partial charge in [0.05, 0.1) is 0 Å². The summed E-state index contributed by atoms with van der Waals surface area (Å²) in [6.07, 6.45) is 0.854.